The predicted molar refractivity (Wildman–Crippen MR) is 99.6 cm³/mol. The summed E-state index contributed by atoms with van der Waals surface area (Å²) < 4.78 is 7.16. The third kappa shape index (κ3) is 3.81. The first-order chi connectivity index (χ1) is 13.2. The van der Waals surface area contributed by atoms with Gasteiger partial charge in [-0.05, 0) is 18.1 Å². The van der Waals surface area contributed by atoms with Gasteiger partial charge in [0.2, 0.25) is 5.88 Å². The van der Waals surface area contributed by atoms with Gasteiger partial charge in [-0.25, -0.2) is 4.98 Å². The van der Waals surface area contributed by atoms with Crippen molar-refractivity contribution in [2.24, 2.45) is 0 Å². The Hall–Kier alpha value is -3.22. The minimum atomic E-state index is -0.128. The molecular formula is C20H21N5O2. The molecule has 0 aliphatic carbocycles. The molecule has 0 spiro atoms. The average Bonchev–Trinajstić information content (AvgIpc) is 3.11. The topological polar surface area (TPSA) is 81.9 Å². The van der Waals surface area contributed by atoms with Crippen molar-refractivity contribution < 1.29 is 9.53 Å². The zero-order chi connectivity index (χ0) is 18.6. The summed E-state index contributed by atoms with van der Waals surface area (Å²) in [5.74, 6) is 2.28. The summed E-state index contributed by atoms with van der Waals surface area (Å²) in [5, 5.41) is 11.8. The highest BCUT2D eigenvalue weighted by atomic mass is 16.5. The third-order valence-corrected chi connectivity index (χ3v) is 4.77. The number of nitrogens with zero attached hydrogens (tertiary/aromatic N) is 4. The van der Waals surface area contributed by atoms with E-state index in [0.717, 1.165) is 30.9 Å². The number of pyridine rings is 1. The van der Waals surface area contributed by atoms with E-state index in [4.69, 9.17) is 4.74 Å². The van der Waals surface area contributed by atoms with Gasteiger partial charge in [-0.15, -0.1) is 10.2 Å². The summed E-state index contributed by atoms with van der Waals surface area (Å²) in [7, 11) is 1.55. The van der Waals surface area contributed by atoms with E-state index in [1.165, 1.54) is 11.8 Å². The van der Waals surface area contributed by atoms with Crippen molar-refractivity contribution in [2.45, 2.75) is 31.8 Å². The van der Waals surface area contributed by atoms with Gasteiger partial charge < -0.3 is 14.6 Å². The van der Waals surface area contributed by atoms with Crippen LogP contribution < -0.4 is 10.1 Å². The average molecular weight is 363 g/mol. The van der Waals surface area contributed by atoms with Gasteiger partial charge in [0.15, 0.2) is 0 Å². The van der Waals surface area contributed by atoms with Crippen LogP contribution in [0.5, 0.6) is 5.88 Å². The van der Waals surface area contributed by atoms with E-state index >= 15 is 0 Å². The van der Waals surface area contributed by atoms with Crippen molar-refractivity contribution >= 4 is 5.91 Å². The highest BCUT2D eigenvalue weighted by molar-refractivity contribution is 5.94. The summed E-state index contributed by atoms with van der Waals surface area (Å²) in [6.07, 6.45) is 3.91. The Labute approximate surface area is 157 Å². The summed E-state index contributed by atoms with van der Waals surface area (Å²) in [4.78, 5) is 16.6. The fourth-order valence-electron chi connectivity index (χ4n) is 3.31. The number of hydrogen-bond donors (Lipinski definition) is 1. The highest BCUT2D eigenvalue weighted by Gasteiger charge is 2.24. The van der Waals surface area contributed by atoms with E-state index in [0.29, 0.717) is 18.0 Å². The largest absolute Gasteiger partial charge is 0.481 e. The quantitative estimate of drug-likeness (QED) is 0.750. The van der Waals surface area contributed by atoms with Crippen molar-refractivity contribution in [3.63, 3.8) is 0 Å². The Kier molecular flexibility index (Phi) is 4.82. The van der Waals surface area contributed by atoms with Crippen molar-refractivity contribution in [2.75, 3.05) is 7.11 Å². The Morgan fingerprint density at radius 1 is 1.22 bits per heavy atom. The number of carbonyl (C=O) groups is 1. The molecule has 7 heteroatoms. The third-order valence-electron chi connectivity index (χ3n) is 4.77. The lowest BCUT2D eigenvalue weighted by Gasteiger charge is -2.25. The molecular weight excluding hydrogens is 342 g/mol. The monoisotopic (exact) mass is 363 g/mol. The van der Waals surface area contributed by atoms with Gasteiger partial charge in [0.25, 0.3) is 5.91 Å². The van der Waals surface area contributed by atoms with E-state index in [2.05, 4.69) is 37.2 Å². The molecule has 1 aliphatic heterocycles. The van der Waals surface area contributed by atoms with Crippen LogP contribution in [0.2, 0.25) is 0 Å². The van der Waals surface area contributed by atoms with Gasteiger partial charge in [-0.2, -0.15) is 0 Å². The Bertz CT molecular complexity index is 921. The SMILES string of the molecule is COc1ccc(C(=O)N[C@H]2CCc3nnc(Cc4ccccc4)n3C2)cn1. The summed E-state index contributed by atoms with van der Waals surface area (Å²) in [5.41, 5.74) is 1.72. The lowest BCUT2D eigenvalue weighted by atomic mass is 10.1. The summed E-state index contributed by atoms with van der Waals surface area (Å²) in [6.45, 7) is 0.680. The second kappa shape index (κ2) is 7.57. The number of fused-ring (bicyclic) bond motifs is 1. The molecule has 4 rings (SSSR count). The lowest BCUT2D eigenvalue weighted by Crippen LogP contribution is -2.41. The molecule has 1 atom stereocenters. The maximum atomic E-state index is 12.5. The van der Waals surface area contributed by atoms with Crippen LogP contribution in [0.4, 0.5) is 0 Å². The maximum Gasteiger partial charge on any atom is 0.253 e. The van der Waals surface area contributed by atoms with Crippen molar-refractivity contribution in [1.82, 2.24) is 25.1 Å². The minimum absolute atomic E-state index is 0.0395. The molecule has 1 aromatic carbocycles. The molecule has 0 fully saturated rings. The number of aromatic nitrogens is 4. The van der Waals surface area contributed by atoms with E-state index < -0.39 is 0 Å². The van der Waals surface area contributed by atoms with Gasteiger partial charge in [0.05, 0.1) is 12.7 Å². The molecule has 7 nitrogen and oxygen atoms in total. The molecule has 3 aromatic rings. The van der Waals surface area contributed by atoms with Crippen molar-refractivity contribution in [1.29, 1.82) is 0 Å². The van der Waals surface area contributed by atoms with Crippen LogP contribution >= 0.6 is 0 Å². The van der Waals surface area contributed by atoms with Gasteiger partial charge >= 0.3 is 0 Å². The number of nitrogens with one attached hydrogen (secondary N) is 1. The van der Waals surface area contributed by atoms with Crippen molar-refractivity contribution in [3.8, 4) is 5.88 Å². The van der Waals surface area contributed by atoms with E-state index in [9.17, 15) is 4.79 Å². The lowest BCUT2D eigenvalue weighted by molar-refractivity contribution is 0.0927. The van der Waals surface area contributed by atoms with Gasteiger partial charge in [-0.1, -0.05) is 30.3 Å². The highest BCUT2D eigenvalue weighted by Crippen LogP contribution is 2.18. The molecule has 27 heavy (non-hydrogen) atoms. The first kappa shape index (κ1) is 17.2. The standard InChI is InChI=1S/C20H21N5O2/c1-27-19-10-7-15(12-21-19)20(26)22-16-8-9-17-23-24-18(25(17)13-16)11-14-5-3-2-4-6-14/h2-7,10,12,16H,8-9,11,13H2,1H3,(H,22,26)/t16-/m0/s1. The normalized spacial score (nSPS) is 15.8. The van der Waals surface area contributed by atoms with Crippen LogP contribution in [-0.2, 0) is 19.4 Å². The molecule has 1 N–H and O–H groups in total. The molecule has 138 valence electrons. The van der Waals surface area contributed by atoms with Crippen LogP contribution in [0.25, 0.3) is 0 Å². The van der Waals surface area contributed by atoms with Gasteiger partial charge in [0.1, 0.15) is 11.6 Å². The second-order valence-corrected chi connectivity index (χ2v) is 6.60. The minimum Gasteiger partial charge on any atom is -0.481 e. The van der Waals surface area contributed by atoms with E-state index in [-0.39, 0.29) is 11.9 Å². The predicted octanol–water partition coefficient (Wildman–Crippen LogP) is 2.02. The number of carbonyl (C=O) groups excluding carboxylic acids is 1. The number of methoxy groups -OCH3 is 1. The number of amides is 1. The van der Waals surface area contributed by atoms with Gasteiger partial charge in [-0.3, -0.25) is 4.79 Å². The molecule has 2 aromatic heterocycles. The fraction of sp³-hybridized carbons (Fsp3) is 0.300. The Morgan fingerprint density at radius 3 is 2.81 bits per heavy atom. The van der Waals surface area contributed by atoms with Crippen LogP contribution in [0.3, 0.4) is 0 Å². The number of benzene rings is 1. The van der Waals surface area contributed by atoms with Gasteiger partial charge in [0, 0.05) is 37.7 Å². The first-order valence-corrected chi connectivity index (χ1v) is 8.98. The number of hydrogen-bond acceptors (Lipinski definition) is 5. The first-order valence-electron chi connectivity index (χ1n) is 8.98. The number of rotatable bonds is 5. The fourth-order valence-corrected chi connectivity index (χ4v) is 3.31. The van der Waals surface area contributed by atoms with Crippen LogP contribution in [0.1, 0.15) is 34.0 Å². The second-order valence-electron chi connectivity index (χ2n) is 6.60. The Morgan fingerprint density at radius 2 is 2.07 bits per heavy atom. The zero-order valence-corrected chi connectivity index (χ0v) is 15.1. The van der Waals surface area contributed by atoms with Crippen molar-refractivity contribution in [3.05, 3.63) is 71.4 Å². The van der Waals surface area contributed by atoms with E-state index in [1.807, 2.05) is 18.2 Å². The number of aryl methyl sites for hydroxylation is 1. The maximum absolute atomic E-state index is 12.5. The smallest absolute Gasteiger partial charge is 0.253 e. The molecule has 3 heterocycles. The summed E-state index contributed by atoms with van der Waals surface area (Å²) >= 11 is 0. The van der Waals surface area contributed by atoms with Crippen LogP contribution in [-0.4, -0.2) is 38.8 Å². The molecule has 1 amide bonds. The molecule has 1 aliphatic rings. The number of ether oxygens (including phenoxy) is 1. The summed E-state index contributed by atoms with van der Waals surface area (Å²) in [6, 6.07) is 13.7. The van der Waals surface area contributed by atoms with Crippen LogP contribution in [0.15, 0.2) is 48.7 Å². The Balaban J connectivity index is 1.44. The molecule has 0 bridgehead atoms. The zero-order valence-electron chi connectivity index (χ0n) is 15.1. The van der Waals surface area contributed by atoms with E-state index in [1.54, 1.807) is 19.2 Å². The molecule has 0 radical (unpaired) electrons. The van der Waals surface area contributed by atoms with Crippen LogP contribution in [0, 0.1) is 0 Å². The molecule has 0 unspecified atom stereocenters. The molecule has 0 saturated carbocycles. The molecule has 0 saturated heterocycles.